The van der Waals surface area contributed by atoms with Gasteiger partial charge in [-0.1, -0.05) is 12.1 Å². The number of sulfonamides is 1. The van der Waals surface area contributed by atoms with Crippen molar-refractivity contribution in [2.24, 2.45) is 0 Å². The molecular weight excluding hydrogens is 331 g/mol. The molecule has 7 heteroatoms. The van der Waals surface area contributed by atoms with Gasteiger partial charge in [0, 0.05) is 26.2 Å². The first kappa shape index (κ1) is 17.8. The quantitative estimate of drug-likeness (QED) is 0.882. The number of hydrogen-bond donors (Lipinski definition) is 1. The topological polar surface area (TPSA) is 60.9 Å². The van der Waals surface area contributed by atoms with Gasteiger partial charge in [0.25, 0.3) is 0 Å². The molecule has 1 spiro atoms. The third kappa shape index (κ3) is 3.49. The Hall–Kier alpha value is -1.02. The van der Waals surface area contributed by atoms with E-state index in [4.69, 9.17) is 0 Å². The van der Waals surface area contributed by atoms with Crippen molar-refractivity contribution in [1.29, 1.82) is 0 Å². The summed E-state index contributed by atoms with van der Waals surface area (Å²) in [5, 5.41) is 10.7. The number of benzene rings is 1. The highest BCUT2D eigenvalue weighted by Gasteiger charge is 2.52. The van der Waals surface area contributed by atoms with Gasteiger partial charge in [0.05, 0.1) is 17.9 Å². The van der Waals surface area contributed by atoms with Gasteiger partial charge in [0.15, 0.2) is 0 Å². The van der Waals surface area contributed by atoms with Gasteiger partial charge < -0.3 is 10.0 Å². The molecule has 0 amide bonds. The van der Waals surface area contributed by atoms with Crippen LogP contribution in [0, 0.1) is 5.82 Å². The first-order chi connectivity index (χ1) is 11.3. The largest absolute Gasteiger partial charge is 0.390 e. The monoisotopic (exact) mass is 356 g/mol. The number of hydrogen-bond acceptors (Lipinski definition) is 4. The summed E-state index contributed by atoms with van der Waals surface area (Å²) in [4.78, 5) is 2.16. The van der Waals surface area contributed by atoms with E-state index in [1.165, 1.54) is 22.7 Å². The molecule has 2 aliphatic rings. The van der Waals surface area contributed by atoms with Crippen LogP contribution in [0.2, 0.25) is 0 Å². The molecule has 1 N–H and O–H groups in total. The highest BCUT2D eigenvalue weighted by atomic mass is 32.2. The minimum atomic E-state index is -3.30. The van der Waals surface area contributed by atoms with E-state index in [-0.39, 0.29) is 5.82 Å². The molecule has 0 aliphatic carbocycles. The fraction of sp³-hybridized carbons (Fsp3) is 0.647. The number of likely N-dealkylation sites (tertiary alicyclic amines) is 1. The summed E-state index contributed by atoms with van der Waals surface area (Å²) in [6, 6.07) is 6.47. The number of piperidine rings is 1. The normalized spacial score (nSPS) is 29.4. The Morgan fingerprint density at radius 1 is 1.25 bits per heavy atom. The van der Waals surface area contributed by atoms with E-state index < -0.39 is 21.7 Å². The molecule has 0 saturated carbocycles. The van der Waals surface area contributed by atoms with Crippen molar-refractivity contribution < 1.29 is 17.9 Å². The lowest BCUT2D eigenvalue weighted by molar-refractivity contribution is -0.0352. The van der Waals surface area contributed by atoms with E-state index >= 15 is 0 Å². The average Bonchev–Trinajstić information content (AvgIpc) is 2.95. The molecule has 2 saturated heterocycles. The molecule has 2 heterocycles. The molecule has 5 nitrogen and oxygen atoms in total. The van der Waals surface area contributed by atoms with Gasteiger partial charge >= 0.3 is 0 Å². The van der Waals surface area contributed by atoms with Crippen molar-refractivity contribution in [2.75, 3.05) is 32.4 Å². The lowest BCUT2D eigenvalue weighted by Gasteiger charge is -2.47. The number of aliphatic hydroxyl groups is 1. The zero-order chi connectivity index (χ0) is 17.4. The minimum absolute atomic E-state index is 0.240. The molecule has 0 bridgehead atoms. The molecule has 2 aliphatic heterocycles. The van der Waals surface area contributed by atoms with Crippen LogP contribution in [-0.4, -0.2) is 66.8 Å². The predicted molar refractivity (Wildman–Crippen MR) is 90.7 cm³/mol. The van der Waals surface area contributed by atoms with Crippen molar-refractivity contribution in [3.8, 4) is 0 Å². The molecule has 0 aromatic heterocycles. The van der Waals surface area contributed by atoms with Crippen LogP contribution in [0.3, 0.4) is 0 Å². The molecule has 2 fully saturated rings. The van der Waals surface area contributed by atoms with Gasteiger partial charge in [0.2, 0.25) is 10.0 Å². The van der Waals surface area contributed by atoms with Crippen LogP contribution in [0.5, 0.6) is 0 Å². The molecule has 0 unspecified atom stereocenters. The van der Waals surface area contributed by atoms with Crippen LogP contribution >= 0.6 is 0 Å². The van der Waals surface area contributed by atoms with Crippen LogP contribution in [-0.2, 0) is 16.4 Å². The zero-order valence-corrected chi connectivity index (χ0v) is 14.8. The Kier molecular flexibility index (Phi) is 4.97. The predicted octanol–water partition coefficient (Wildman–Crippen LogP) is 1.23. The highest BCUT2D eigenvalue weighted by molar-refractivity contribution is 7.88. The van der Waals surface area contributed by atoms with E-state index in [1.54, 1.807) is 12.1 Å². The summed E-state index contributed by atoms with van der Waals surface area (Å²) in [5.41, 5.74) is 0.435. The molecular formula is C17H25FN2O3S. The second-order valence-corrected chi connectivity index (χ2v) is 8.89. The fourth-order valence-corrected chi connectivity index (χ4v) is 5.55. The van der Waals surface area contributed by atoms with Crippen LogP contribution in [0.15, 0.2) is 24.3 Å². The lowest BCUT2D eigenvalue weighted by atomic mass is 9.83. The molecule has 1 aromatic carbocycles. The van der Waals surface area contributed by atoms with E-state index in [2.05, 4.69) is 4.90 Å². The molecule has 1 aromatic rings. The molecule has 0 radical (unpaired) electrons. The van der Waals surface area contributed by atoms with Crippen LogP contribution in [0.25, 0.3) is 0 Å². The van der Waals surface area contributed by atoms with Gasteiger partial charge in [-0.3, -0.25) is 0 Å². The molecule has 134 valence electrons. The second kappa shape index (κ2) is 6.71. The number of aliphatic hydroxyl groups excluding tert-OH is 1. The second-order valence-electron chi connectivity index (χ2n) is 6.99. The Bertz CT molecular complexity index is 680. The Morgan fingerprint density at radius 2 is 1.96 bits per heavy atom. The van der Waals surface area contributed by atoms with E-state index in [9.17, 15) is 17.9 Å². The summed E-state index contributed by atoms with van der Waals surface area (Å²) in [6.45, 7) is 2.53. The number of halogens is 1. The maximum Gasteiger partial charge on any atom is 0.211 e. The third-order valence-corrected chi connectivity index (χ3v) is 6.76. The fourth-order valence-electron chi connectivity index (χ4n) is 4.12. The standard InChI is InChI=1S/C17H25FN2O3S/c1-24(22,23)20-10-2-8-17(20)9-12-19(13-16(17)21)11-7-14-3-5-15(18)6-4-14/h3-6,16,21H,2,7-13H2,1H3/t16-,17-/m0/s1. The van der Waals surface area contributed by atoms with Crippen molar-refractivity contribution in [3.05, 3.63) is 35.6 Å². The zero-order valence-electron chi connectivity index (χ0n) is 14.0. The van der Waals surface area contributed by atoms with Crippen molar-refractivity contribution >= 4 is 10.0 Å². The van der Waals surface area contributed by atoms with Crippen molar-refractivity contribution in [2.45, 2.75) is 37.3 Å². The minimum Gasteiger partial charge on any atom is -0.390 e. The highest BCUT2D eigenvalue weighted by Crippen LogP contribution is 2.40. The number of nitrogens with zero attached hydrogens (tertiary/aromatic N) is 2. The molecule has 3 rings (SSSR count). The third-order valence-electron chi connectivity index (χ3n) is 5.41. The van der Waals surface area contributed by atoms with Gasteiger partial charge in [-0.05, 0) is 43.4 Å². The van der Waals surface area contributed by atoms with E-state index in [0.717, 1.165) is 37.9 Å². The Balaban J connectivity index is 1.62. The summed E-state index contributed by atoms with van der Waals surface area (Å²) < 4.78 is 38.5. The number of β-amino-alcohol motifs (C(OH)–C–C–N with tert-alkyl or cyclic N) is 1. The Morgan fingerprint density at radius 3 is 2.58 bits per heavy atom. The summed E-state index contributed by atoms with van der Waals surface area (Å²) >= 11 is 0. The van der Waals surface area contributed by atoms with Crippen molar-refractivity contribution in [1.82, 2.24) is 9.21 Å². The SMILES string of the molecule is CS(=O)(=O)N1CCC[C@@]12CCN(CCc1ccc(F)cc1)C[C@@H]2O. The van der Waals surface area contributed by atoms with Gasteiger partial charge in [-0.25, -0.2) is 12.8 Å². The van der Waals surface area contributed by atoms with Crippen LogP contribution in [0.4, 0.5) is 4.39 Å². The number of rotatable bonds is 4. The van der Waals surface area contributed by atoms with E-state index in [1.807, 2.05) is 0 Å². The van der Waals surface area contributed by atoms with Gasteiger partial charge in [-0.15, -0.1) is 0 Å². The summed E-state index contributed by atoms with van der Waals surface area (Å²) in [5.74, 6) is -0.240. The summed E-state index contributed by atoms with van der Waals surface area (Å²) in [7, 11) is -3.30. The summed E-state index contributed by atoms with van der Waals surface area (Å²) in [6.07, 6.45) is 3.54. The smallest absolute Gasteiger partial charge is 0.211 e. The first-order valence-electron chi connectivity index (χ1n) is 8.44. The van der Waals surface area contributed by atoms with Gasteiger partial charge in [0.1, 0.15) is 5.82 Å². The van der Waals surface area contributed by atoms with E-state index in [0.29, 0.717) is 19.5 Å². The van der Waals surface area contributed by atoms with Gasteiger partial charge in [-0.2, -0.15) is 4.31 Å². The van der Waals surface area contributed by atoms with Crippen LogP contribution < -0.4 is 0 Å². The molecule has 24 heavy (non-hydrogen) atoms. The average molecular weight is 356 g/mol. The molecule has 2 atom stereocenters. The van der Waals surface area contributed by atoms with Crippen molar-refractivity contribution in [3.63, 3.8) is 0 Å². The maximum atomic E-state index is 12.9. The Labute approximate surface area is 143 Å². The van der Waals surface area contributed by atoms with Crippen LogP contribution in [0.1, 0.15) is 24.8 Å². The first-order valence-corrected chi connectivity index (χ1v) is 10.3. The lowest BCUT2D eigenvalue weighted by Crippen LogP contribution is -2.62. The maximum absolute atomic E-state index is 12.9.